The third-order valence-corrected chi connectivity index (χ3v) is 5.42. The number of anilines is 1. The van der Waals surface area contributed by atoms with Crippen molar-refractivity contribution in [1.82, 2.24) is 9.97 Å². The second-order valence-electron chi connectivity index (χ2n) is 5.23. The number of hydrogen-bond acceptors (Lipinski definition) is 6. The number of rotatable bonds is 11. The molecular weight excluding hydrogens is 345 g/mol. The van der Waals surface area contributed by atoms with Gasteiger partial charge in [-0.2, -0.15) is 0 Å². The fourth-order valence-corrected chi connectivity index (χ4v) is 3.89. The topological polar surface area (TPSA) is 105 Å². The summed E-state index contributed by atoms with van der Waals surface area (Å²) in [5.41, 5.74) is 3.90. The monoisotopic (exact) mass is 369 g/mol. The first-order valence-electron chi connectivity index (χ1n) is 8.17. The minimum Gasteiger partial charge on any atom is -0.309 e. The lowest BCUT2D eigenvalue weighted by atomic mass is 10.2. The number of H-pyrrole nitrogens is 2. The van der Waals surface area contributed by atoms with Gasteiger partial charge in [0.15, 0.2) is 5.82 Å². The fourth-order valence-electron chi connectivity index (χ4n) is 2.27. The van der Waals surface area contributed by atoms with Crippen LogP contribution < -0.4 is 11.2 Å². The minimum atomic E-state index is -3.17. The van der Waals surface area contributed by atoms with Crippen LogP contribution in [0.4, 0.5) is 5.82 Å². The highest BCUT2D eigenvalue weighted by molar-refractivity contribution is 7.53. The summed E-state index contributed by atoms with van der Waals surface area (Å²) in [5, 5.41) is 0. The molecule has 138 valence electrons. The van der Waals surface area contributed by atoms with Gasteiger partial charge in [0.1, 0.15) is 0 Å². The highest BCUT2D eigenvalue weighted by Crippen LogP contribution is 2.48. The molecule has 25 heavy (non-hydrogen) atoms. The summed E-state index contributed by atoms with van der Waals surface area (Å²) in [6.07, 6.45) is 0.475. The zero-order chi connectivity index (χ0) is 18.1. The zero-order valence-electron chi connectivity index (χ0n) is 14.4. The number of aromatic amines is 2. The van der Waals surface area contributed by atoms with Crippen LogP contribution in [0.2, 0.25) is 0 Å². The van der Waals surface area contributed by atoms with Crippen LogP contribution >= 0.6 is 7.60 Å². The second-order valence-corrected chi connectivity index (χ2v) is 7.41. The molecule has 0 radical (unpaired) electrons. The summed E-state index contributed by atoms with van der Waals surface area (Å²) in [4.78, 5) is 22.3. The van der Waals surface area contributed by atoms with Crippen LogP contribution in [0.3, 0.4) is 0 Å². The van der Waals surface area contributed by atoms with Gasteiger partial charge in [-0.3, -0.25) is 14.4 Å². The Morgan fingerprint density at radius 3 is 2.40 bits per heavy atom. The van der Waals surface area contributed by atoms with E-state index in [0.29, 0.717) is 37.8 Å². The van der Waals surface area contributed by atoms with E-state index in [4.69, 9.17) is 13.9 Å². The second kappa shape index (κ2) is 9.58. The Kier molecular flexibility index (Phi) is 7.46. The van der Waals surface area contributed by atoms with Crippen LogP contribution in [-0.4, -0.2) is 29.3 Å². The minimum absolute atomic E-state index is 0.163. The average Bonchev–Trinajstić information content (AvgIpc) is 2.94. The summed E-state index contributed by atoms with van der Waals surface area (Å²) in [6.45, 7) is 4.45. The van der Waals surface area contributed by atoms with Crippen LogP contribution in [0.1, 0.15) is 25.1 Å². The van der Waals surface area contributed by atoms with Crippen LogP contribution in [0.5, 0.6) is 0 Å². The van der Waals surface area contributed by atoms with Crippen molar-refractivity contribution in [2.45, 2.75) is 26.9 Å². The molecule has 0 unspecified atom stereocenters. The normalized spacial score (nSPS) is 11.6. The van der Waals surface area contributed by atoms with Gasteiger partial charge in [0.05, 0.1) is 31.7 Å². The van der Waals surface area contributed by atoms with Gasteiger partial charge in [-0.05, 0) is 19.4 Å². The van der Waals surface area contributed by atoms with Gasteiger partial charge in [0.25, 0.3) is 0 Å². The van der Waals surface area contributed by atoms with E-state index in [9.17, 15) is 9.36 Å². The molecule has 2 rings (SSSR count). The number of aryl methyl sites for hydroxylation is 1. The average molecular weight is 369 g/mol. The highest BCUT2D eigenvalue weighted by Gasteiger charge is 2.24. The molecule has 0 saturated heterocycles. The van der Waals surface area contributed by atoms with E-state index < -0.39 is 7.60 Å². The third kappa shape index (κ3) is 6.17. The molecule has 0 aliphatic rings. The molecule has 0 amide bonds. The van der Waals surface area contributed by atoms with E-state index in [-0.39, 0.29) is 11.9 Å². The summed E-state index contributed by atoms with van der Waals surface area (Å²) < 4.78 is 23.0. The first-order chi connectivity index (χ1) is 12.1. The molecular formula is C16H24N3O5P. The van der Waals surface area contributed by atoms with Crippen molar-refractivity contribution in [2.75, 3.05) is 24.9 Å². The number of aromatic nitrogens is 2. The number of hydrogen-bond donors (Lipinski definition) is 3. The van der Waals surface area contributed by atoms with Gasteiger partial charge in [-0.15, -0.1) is 0 Å². The van der Waals surface area contributed by atoms with Crippen LogP contribution in [0.15, 0.2) is 35.1 Å². The Morgan fingerprint density at radius 1 is 1.08 bits per heavy atom. The van der Waals surface area contributed by atoms with Crippen molar-refractivity contribution in [1.29, 1.82) is 0 Å². The molecule has 2 aromatic rings. The molecule has 0 bridgehead atoms. The van der Waals surface area contributed by atoms with E-state index in [0.717, 1.165) is 5.56 Å². The maximum Gasteiger partial charge on any atom is 0.331 e. The smallest absolute Gasteiger partial charge is 0.309 e. The number of nitrogens with one attached hydrogen (secondary N) is 3. The van der Waals surface area contributed by atoms with Crippen LogP contribution in [-0.2, 0) is 31.5 Å². The number of benzene rings is 1. The first-order valence-corrected chi connectivity index (χ1v) is 9.90. The predicted molar refractivity (Wildman–Crippen MR) is 95.7 cm³/mol. The molecule has 1 heterocycles. The highest BCUT2D eigenvalue weighted by atomic mass is 31.2. The SMILES string of the molecule is CCOP(=O)(CCc1[nH]c(=O)[nH]c1NOCc1ccccc1)OCC. The molecule has 1 aromatic carbocycles. The van der Waals surface area contributed by atoms with Gasteiger partial charge in [0, 0.05) is 6.42 Å². The maximum absolute atomic E-state index is 12.5. The lowest BCUT2D eigenvalue weighted by Crippen LogP contribution is -2.07. The van der Waals surface area contributed by atoms with Crippen LogP contribution in [0, 0.1) is 0 Å². The lowest BCUT2D eigenvalue weighted by Gasteiger charge is -2.16. The van der Waals surface area contributed by atoms with Gasteiger partial charge in [-0.25, -0.2) is 10.3 Å². The Labute approximate surface area is 146 Å². The summed E-state index contributed by atoms with van der Waals surface area (Å²) in [6, 6.07) is 9.63. The first kappa shape index (κ1) is 19.5. The Bertz CT molecular complexity index is 734. The Morgan fingerprint density at radius 2 is 1.76 bits per heavy atom. The Hall–Kier alpha value is -1.86. The van der Waals surface area contributed by atoms with Crippen molar-refractivity contribution in [3.8, 4) is 0 Å². The van der Waals surface area contributed by atoms with Gasteiger partial charge in [-0.1, -0.05) is 30.3 Å². The van der Waals surface area contributed by atoms with Gasteiger partial charge >= 0.3 is 13.3 Å². The van der Waals surface area contributed by atoms with E-state index in [1.54, 1.807) is 13.8 Å². The molecule has 1 aromatic heterocycles. The molecule has 0 saturated carbocycles. The predicted octanol–water partition coefficient (Wildman–Crippen LogP) is 3.06. The van der Waals surface area contributed by atoms with Crippen molar-refractivity contribution in [3.63, 3.8) is 0 Å². The molecule has 8 nitrogen and oxygen atoms in total. The van der Waals surface area contributed by atoms with E-state index in [1.165, 1.54) is 0 Å². The zero-order valence-corrected chi connectivity index (χ0v) is 15.3. The largest absolute Gasteiger partial charge is 0.331 e. The lowest BCUT2D eigenvalue weighted by molar-refractivity contribution is 0.178. The molecule has 0 aliphatic carbocycles. The van der Waals surface area contributed by atoms with Crippen molar-refractivity contribution in [2.24, 2.45) is 0 Å². The molecule has 0 aliphatic heterocycles. The fraction of sp³-hybridized carbons (Fsp3) is 0.438. The molecule has 3 N–H and O–H groups in total. The third-order valence-electron chi connectivity index (χ3n) is 3.35. The maximum atomic E-state index is 12.5. The van der Waals surface area contributed by atoms with Crippen LogP contribution in [0.25, 0.3) is 0 Å². The van der Waals surface area contributed by atoms with Gasteiger partial charge < -0.3 is 14.0 Å². The summed E-state index contributed by atoms with van der Waals surface area (Å²) >= 11 is 0. The molecule has 0 fully saturated rings. The van der Waals surface area contributed by atoms with Crippen molar-refractivity contribution in [3.05, 3.63) is 52.1 Å². The number of imidazole rings is 1. The quantitative estimate of drug-likeness (QED) is 0.415. The summed E-state index contributed by atoms with van der Waals surface area (Å²) in [7, 11) is -3.17. The standard InChI is InChI=1S/C16H24N3O5P/c1-3-23-25(21,24-4-2)11-10-14-15(18-16(20)17-14)19-22-12-13-8-6-5-7-9-13/h5-9,19H,3-4,10-12H2,1-2H3,(H2,17,18,20). The molecule has 0 atom stereocenters. The van der Waals surface area contributed by atoms with Crippen molar-refractivity contribution >= 4 is 13.4 Å². The molecule has 9 heteroatoms. The van der Waals surface area contributed by atoms with Crippen molar-refractivity contribution < 1.29 is 18.5 Å². The van der Waals surface area contributed by atoms with Gasteiger partial charge in [0.2, 0.25) is 0 Å². The Balaban J connectivity index is 1.95. The summed E-state index contributed by atoms with van der Waals surface area (Å²) in [5.74, 6) is 0.403. The molecule has 0 spiro atoms. The van der Waals surface area contributed by atoms with E-state index in [1.807, 2.05) is 30.3 Å². The van der Waals surface area contributed by atoms with E-state index >= 15 is 0 Å². The van der Waals surface area contributed by atoms with E-state index in [2.05, 4.69) is 15.4 Å².